The Morgan fingerprint density at radius 3 is 2.42 bits per heavy atom. The Hall–Kier alpha value is -2.97. The second-order valence-corrected chi connectivity index (χ2v) is 6.01. The summed E-state index contributed by atoms with van der Waals surface area (Å²) in [6, 6.07) is 4.57. The van der Waals surface area contributed by atoms with Crippen LogP contribution in [0.2, 0.25) is 0 Å². The number of likely N-dealkylation sites (N-methyl/N-ethyl adjacent to an activating group) is 2. The fraction of sp³-hybridized carbons (Fsp3) is 0.412. The third-order valence-corrected chi connectivity index (χ3v) is 4.42. The second kappa shape index (κ2) is 7.51. The molecule has 140 valence electrons. The highest BCUT2D eigenvalue weighted by molar-refractivity contribution is 6.09. The maximum atomic E-state index is 13.2. The van der Waals surface area contributed by atoms with Gasteiger partial charge in [-0.3, -0.25) is 19.3 Å². The Bertz CT molecular complexity index is 737. The lowest BCUT2D eigenvalue weighted by molar-refractivity contribution is -0.139. The highest BCUT2D eigenvalue weighted by atomic mass is 19.1. The van der Waals surface area contributed by atoms with Gasteiger partial charge in [-0.1, -0.05) is 19.1 Å². The fourth-order valence-corrected chi connectivity index (χ4v) is 2.78. The van der Waals surface area contributed by atoms with Crippen LogP contribution >= 0.6 is 0 Å². The number of nitrogens with one attached hydrogen (secondary N) is 2. The van der Waals surface area contributed by atoms with E-state index in [4.69, 9.17) is 0 Å². The van der Waals surface area contributed by atoms with E-state index < -0.39 is 35.7 Å². The lowest BCUT2D eigenvalue weighted by Crippen LogP contribution is -2.46. The van der Waals surface area contributed by atoms with E-state index in [1.165, 1.54) is 38.4 Å². The number of nitrogens with zero attached hydrogens (tertiary/aromatic N) is 2. The van der Waals surface area contributed by atoms with Crippen LogP contribution in [-0.4, -0.2) is 60.7 Å². The molecule has 8 nitrogen and oxygen atoms in total. The predicted octanol–water partition coefficient (Wildman–Crippen LogP) is 0.187. The summed E-state index contributed by atoms with van der Waals surface area (Å²) >= 11 is 0. The first-order chi connectivity index (χ1) is 12.2. The van der Waals surface area contributed by atoms with Gasteiger partial charge in [0.25, 0.3) is 5.91 Å². The molecule has 26 heavy (non-hydrogen) atoms. The van der Waals surface area contributed by atoms with Gasteiger partial charge in [-0.2, -0.15) is 0 Å². The molecule has 0 saturated carbocycles. The van der Waals surface area contributed by atoms with Crippen LogP contribution in [-0.2, 0) is 19.9 Å². The van der Waals surface area contributed by atoms with E-state index in [0.717, 1.165) is 9.80 Å². The molecule has 5 amide bonds. The molecule has 1 aliphatic rings. The number of amides is 5. The van der Waals surface area contributed by atoms with Gasteiger partial charge < -0.3 is 15.5 Å². The van der Waals surface area contributed by atoms with E-state index in [9.17, 15) is 23.6 Å². The van der Waals surface area contributed by atoms with E-state index in [2.05, 4.69) is 10.6 Å². The normalized spacial score (nSPS) is 19.3. The van der Waals surface area contributed by atoms with Crippen molar-refractivity contribution in [3.8, 4) is 0 Å². The van der Waals surface area contributed by atoms with Crippen LogP contribution in [0.3, 0.4) is 0 Å². The van der Waals surface area contributed by atoms with Crippen molar-refractivity contribution in [2.45, 2.75) is 18.9 Å². The van der Waals surface area contributed by atoms with Crippen LogP contribution in [0.5, 0.6) is 0 Å². The van der Waals surface area contributed by atoms with E-state index in [0.29, 0.717) is 5.56 Å². The standard InChI is InChI=1S/C17H21FN4O4/c1-4-17(11-5-7-12(18)8-6-11)15(25)22(16(26)20-17)10-14(24)21(3)9-13(23)19-2/h5-8H,4,9-10H2,1-3H3,(H,19,23)(H,20,26)/t17-/m1/s1. The van der Waals surface area contributed by atoms with Crippen LogP contribution in [0, 0.1) is 5.82 Å². The van der Waals surface area contributed by atoms with E-state index in [1.54, 1.807) is 6.92 Å². The minimum Gasteiger partial charge on any atom is -0.358 e. The second-order valence-electron chi connectivity index (χ2n) is 6.01. The molecular weight excluding hydrogens is 343 g/mol. The van der Waals surface area contributed by atoms with E-state index >= 15 is 0 Å². The summed E-state index contributed by atoms with van der Waals surface area (Å²) in [4.78, 5) is 50.7. The summed E-state index contributed by atoms with van der Waals surface area (Å²) < 4.78 is 13.2. The molecule has 1 heterocycles. The molecule has 0 unspecified atom stereocenters. The molecule has 1 aromatic carbocycles. The molecule has 0 spiro atoms. The summed E-state index contributed by atoms with van der Waals surface area (Å²) in [7, 11) is 2.85. The average Bonchev–Trinajstić information content (AvgIpc) is 2.87. The van der Waals surface area contributed by atoms with E-state index in [-0.39, 0.29) is 18.9 Å². The van der Waals surface area contributed by atoms with Crippen LogP contribution in [0.1, 0.15) is 18.9 Å². The van der Waals surface area contributed by atoms with Gasteiger partial charge in [0.1, 0.15) is 17.9 Å². The number of hydrogen-bond acceptors (Lipinski definition) is 4. The highest BCUT2D eigenvalue weighted by Crippen LogP contribution is 2.32. The zero-order chi connectivity index (χ0) is 19.5. The lowest BCUT2D eigenvalue weighted by atomic mass is 9.87. The SMILES string of the molecule is CC[C@]1(c2ccc(F)cc2)NC(=O)N(CC(=O)N(C)CC(=O)NC)C1=O. The molecule has 1 aliphatic heterocycles. The summed E-state index contributed by atoms with van der Waals surface area (Å²) in [6.07, 6.45) is 0.238. The quantitative estimate of drug-likeness (QED) is 0.704. The van der Waals surface area contributed by atoms with Gasteiger partial charge in [-0.25, -0.2) is 9.18 Å². The number of urea groups is 1. The number of halogens is 1. The van der Waals surface area contributed by atoms with Gasteiger partial charge in [0.15, 0.2) is 0 Å². The highest BCUT2D eigenvalue weighted by Gasteiger charge is 2.51. The molecule has 2 N–H and O–H groups in total. The number of carbonyl (C=O) groups is 4. The smallest absolute Gasteiger partial charge is 0.325 e. The molecule has 1 aromatic rings. The summed E-state index contributed by atoms with van der Waals surface area (Å²) in [5.74, 6) is -1.96. The third-order valence-electron chi connectivity index (χ3n) is 4.42. The van der Waals surface area contributed by atoms with Gasteiger partial charge in [0.2, 0.25) is 11.8 Å². The van der Waals surface area contributed by atoms with Crippen LogP contribution in [0.15, 0.2) is 24.3 Å². The maximum absolute atomic E-state index is 13.2. The van der Waals surface area contributed by atoms with Crippen molar-refractivity contribution in [3.63, 3.8) is 0 Å². The molecule has 1 atom stereocenters. The van der Waals surface area contributed by atoms with Crippen molar-refractivity contribution < 1.29 is 23.6 Å². The molecular formula is C17H21FN4O4. The van der Waals surface area contributed by atoms with Gasteiger partial charge in [-0.05, 0) is 24.1 Å². The molecule has 2 rings (SSSR count). The Kier molecular flexibility index (Phi) is 5.59. The predicted molar refractivity (Wildman–Crippen MR) is 90.3 cm³/mol. The molecule has 1 fully saturated rings. The monoisotopic (exact) mass is 364 g/mol. The van der Waals surface area contributed by atoms with Gasteiger partial charge >= 0.3 is 6.03 Å². The number of benzene rings is 1. The number of carbonyl (C=O) groups excluding carboxylic acids is 4. The minimum atomic E-state index is -1.34. The van der Waals surface area contributed by atoms with Gasteiger partial charge in [0.05, 0.1) is 6.54 Å². The third kappa shape index (κ3) is 3.51. The van der Waals surface area contributed by atoms with Crippen LogP contribution < -0.4 is 10.6 Å². The first-order valence-corrected chi connectivity index (χ1v) is 8.10. The number of hydrogen-bond donors (Lipinski definition) is 2. The van der Waals surface area contributed by atoms with Crippen molar-refractivity contribution >= 4 is 23.8 Å². The Morgan fingerprint density at radius 2 is 1.88 bits per heavy atom. The average molecular weight is 364 g/mol. The van der Waals surface area contributed by atoms with E-state index in [1.807, 2.05) is 0 Å². The van der Waals surface area contributed by atoms with Crippen molar-refractivity contribution in [1.29, 1.82) is 0 Å². The Balaban J connectivity index is 2.20. The number of imide groups is 1. The topological polar surface area (TPSA) is 98.8 Å². The number of rotatable bonds is 6. The van der Waals surface area contributed by atoms with Crippen molar-refractivity contribution in [2.75, 3.05) is 27.2 Å². The minimum absolute atomic E-state index is 0.185. The van der Waals surface area contributed by atoms with Crippen molar-refractivity contribution in [2.24, 2.45) is 0 Å². The molecule has 0 aliphatic carbocycles. The van der Waals surface area contributed by atoms with Crippen molar-refractivity contribution in [1.82, 2.24) is 20.4 Å². The largest absolute Gasteiger partial charge is 0.358 e. The molecule has 0 aromatic heterocycles. The van der Waals surface area contributed by atoms with Gasteiger partial charge in [0, 0.05) is 14.1 Å². The maximum Gasteiger partial charge on any atom is 0.325 e. The zero-order valence-electron chi connectivity index (χ0n) is 14.8. The Labute approximate surface area is 150 Å². The first kappa shape index (κ1) is 19.4. The molecule has 9 heteroatoms. The zero-order valence-corrected chi connectivity index (χ0v) is 14.8. The summed E-state index contributed by atoms with van der Waals surface area (Å²) in [5, 5.41) is 5.00. The van der Waals surface area contributed by atoms with Crippen LogP contribution in [0.4, 0.5) is 9.18 Å². The summed E-state index contributed by atoms with van der Waals surface area (Å²) in [5.41, 5.74) is -0.904. The molecule has 1 saturated heterocycles. The molecule has 0 bridgehead atoms. The molecule has 0 radical (unpaired) electrons. The summed E-state index contributed by atoms with van der Waals surface area (Å²) in [6.45, 7) is 1.04. The Morgan fingerprint density at radius 1 is 1.27 bits per heavy atom. The lowest BCUT2D eigenvalue weighted by Gasteiger charge is -2.26. The fourth-order valence-electron chi connectivity index (χ4n) is 2.78. The van der Waals surface area contributed by atoms with Crippen molar-refractivity contribution in [3.05, 3.63) is 35.6 Å². The van der Waals surface area contributed by atoms with Gasteiger partial charge in [-0.15, -0.1) is 0 Å². The van der Waals surface area contributed by atoms with Crippen LogP contribution in [0.25, 0.3) is 0 Å². The first-order valence-electron chi connectivity index (χ1n) is 8.10.